The molecular formula is C22H30N4O2. The molecule has 6 heteroatoms. The molecule has 1 aliphatic heterocycles. The number of nitrogens with one attached hydrogen (secondary N) is 2. The second kappa shape index (κ2) is 7.92. The number of amides is 1. The molecule has 0 saturated heterocycles. The van der Waals surface area contributed by atoms with E-state index < -0.39 is 11.6 Å². The van der Waals surface area contributed by atoms with Crippen LogP contribution in [0.15, 0.2) is 40.7 Å². The van der Waals surface area contributed by atoms with Gasteiger partial charge in [0.25, 0.3) is 0 Å². The van der Waals surface area contributed by atoms with Crippen molar-refractivity contribution in [1.29, 1.82) is 5.26 Å². The van der Waals surface area contributed by atoms with Crippen LogP contribution in [0.1, 0.15) is 47.0 Å². The zero-order valence-corrected chi connectivity index (χ0v) is 17.1. The molecule has 3 aliphatic rings. The Bertz CT molecular complexity index is 802. The first-order chi connectivity index (χ1) is 13.3. The average Bonchev–Trinajstić information content (AvgIpc) is 2.65. The zero-order valence-electron chi connectivity index (χ0n) is 17.1. The van der Waals surface area contributed by atoms with Crippen molar-refractivity contribution in [1.82, 2.24) is 10.6 Å². The smallest absolute Gasteiger partial charge is 0.249 e. The maximum absolute atomic E-state index is 12.4. The van der Waals surface area contributed by atoms with Crippen molar-refractivity contribution >= 4 is 11.6 Å². The summed E-state index contributed by atoms with van der Waals surface area (Å²) in [6, 6.07) is 2.27. The second-order valence-electron chi connectivity index (χ2n) is 8.78. The minimum Gasteiger partial charge on any atom is -0.383 e. The Kier molecular flexibility index (Phi) is 5.76. The van der Waals surface area contributed by atoms with Crippen LogP contribution in [0.25, 0.3) is 0 Å². The summed E-state index contributed by atoms with van der Waals surface area (Å²) in [5.74, 6) is 0.314. The fourth-order valence-electron chi connectivity index (χ4n) is 4.69. The maximum atomic E-state index is 12.4. The topological polar surface area (TPSA) is 97.5 Å². The quantitative estimate of drug-likeness (QED) is 0.696. The molecular weight excluding hydrogens is 352 g/mol. The maximum Gasteiger partial charge on any atom is 0.249 e. The molecule has 0 aromatic rings. The summed E-state index contributed by atoms with van der Waals surface area (Å²) >= 11 is 0. The van der Waals surface area contributed by atoms with E-state index in [2.05, 4.69) is 35.5 Å². The van der Waals surface area contributed by atoms with E-state index in [9.17, 15) is 15.2 Å². The van der Waals surface area contributed by atoms with Gasteiger partial charge >= 0.3 is 0 Å². The van der Waals surface area contributed by atoms with Crippen molar-refractivity contribution in [2.75, 3.05) is 0 Å². The van der Waals surface area contributed by atoms with Gasteiger partial charge < -0.3 is 15.7 Å². The highest BCUT2D eigenvalue weighted by molar-refractivity contribution is 6.13. The lowest BCUT2D eigenvalue weighted by Gasteiger charge is -2.44. The van der Waals surface area contributed by atoms with Gasteiger partial charge in [0.05, 0.1) is 16.8 Å². The van der Waals surface area contributed by atoms with E-state index in [1.807, 2.05) is 32.2 Å². The molecule has 0 aromatic carbocycles. The highest BCUT2D eigenvalue weighted by atomic mass is 16.3. The molecule has 2 aliphatic carbocycles. The predicted molar refractivity (Wildman–Crippen MR) is 109 cm³/mol. The van der Waals surface area contributed by atoms with Crippen molar-refractivity contribution in [3.8, 4) is 6.07 Å². The fourth-order valence-corrected chi connectivity index (χ4v) is 4.69. The fraction of sp³-hybridized carbons (Fsp3) is 0.591. The summed E-state index contributed by atoms with van der Waals surface area (Å²) in [4.78, 5) is 16.8. The Morgan fingerprint density at radius 1 is 1.39 bits per heavy atom. The van der Waals surface area contributed by atoms with Crippen LogP contribution in [0.5, 0.6) is 0 Å². The highest BCUT2D eigenvalue weighted by Gasteiger charge is 2.44. The largest absolute Gasteiger partial charge is 0.383 e. The number of aliphatic hydroxyl groups is 1. The van der Waals surface area contributed by atoms with Gasteiger partial charge in [-0.3, -0.25) is 9.79 Å². The summed E-state index contributed by atoms with van der Waals surface area (Å²) in [6.45, 7) is 7.95. The molecule has 0 spiro atoms. The van der Waals surface area contributed by atoms with E-state index in [0.717, 1.165) is 25.0 Å². The molecule has 6 nitrogen and oxygen atoms in total. The van der Waals surface area contributed by atoms with Gasteiger partial charge in [-0.15, -0.1) is 0 Å². The van der Waals surface area contributed by atoms with E-state index in [0.29, 0.717) is 11.5 Å². The molecule has 0 aromatic heterocycles. The van der Waals surface area contributed by atoms with Crippen LogP contribution in [-0.2, 0) is 4.79 Å². The minimum atomic E-state index is -0.980. The van der Waals surface area contributed by atoms with Crippen molar-refractivity contribution in [3.63, 3.8) is 0 Å². The minimum absolute atomic E-state index is 0.0278. The summed E-state index contributed by atoms with van der Waals surface area (Å²) in [5, 5.41) is 26.0. The predicted octanol–water partition coefficient (Wildman–Crippen LogP) is 2.59. The van der Waals surface area contributed by atoms with Gasteiger partial charge in [-0.25, -0.2) is 0 Å². The normalized spacial score (nSPS) is 32.9. The molecule has 0 bridgehead atoms. The average molecular weight is 383 g/mol. The van der Waals surface area contributed by atoms with Gasteiger partial charge in [0.2, 0.25) is 5.91 Å². The van der Waals surface area contributed by atoms with E-state index in [1.54, 1.807) is 6.20 Å². The van der Waals surface area contributed by atoms with E-state index in [4.69, 9.17) is 0 Å². The van der Waals surface area contributed by atoms with Gasteiger partial charge in [0, 0.05) is 18.4 Å². The molecule has 3 rings (SSSR count). The molecule has 28 heavy (non-hydrogen) atoms. The number of allylic oxidation sites excluding steroid dienone is 2. The van der Waals surface area contributed by atoms with E-state index >= 15 is 0 Å². The Balaban J connectivity index is 1.83. The third-order valence-corrected chi connectivity index (χ3v) is 6.14. The number of nitrogens with zero attached hydrogens (tertiary/aromatic N) is 2. The molecule has 1 amide bonds. The van der Waals surface area contributed by atoms with Crippen molar-refractivity contribution < 1.29 is 9.90 Å². The number of aliphatic hydroxyl groups excluding tert-OH is 1. The number of nitriles is 1. The summed E-state index contributed by atoms with van der Waals surface area (Å²) in [5.41, 5.74) is 2.02. The van der Waals surface area contributed by atoms with Crippen LogP contribution in [-0.4, -0.2) is 34.4 Å². The van der Waals surface area contributed by atoms with Gasteiger partial charge in [0.15, 0.2) is 0 Å². The number of hydrogen-bond acceptors (Lipinski definition) is 5. The number of aliphatic imine (C=N–C) groups is 1. The number of carbonyl (C=O) groups is 1. The lowest BCUT2D eigenvalue weighted by molar-refractivity contribution is -0.132. The van der Waals surface area contributed by atoms with Crippen molar-refractivity contribution in [2.24, 2.45) is 22.7 Å². The SMILES string of the molecule is CC(C)[C@H](O)C(=O)N[C@@H]1C[C@H](C)C[C@@H](C2=CC=C(C#N)C3=NC=CNC23C)C1. The Morgan fingerprint density at radius 2 is 2.14 bits per heavy atom. The Labute approximate surface area is 167 Å². The molecule has 1 saturated carbocycles. The first-order valence-electron chi connectivity index (χ1n) is 10.1. The third-order valence-electron chi connectivity index (χ3n) is 6.14. The van der Waals surface area contributed by atoms with Crippen LogP contribution in [0.2, 0.25) is 0 Å². The van der Waals surface area contributed by atoms with Gasteiger partial charge in [-0.2, -0.15) is 5.26 Å². The molecule has 1 unspecified atom stereocenters. The molecule has 150 valence electrons. The van der Waals surface area contributed by atoms with Crippen LogP contribution in [0, 0.1) is 29.1 Å². The first-order valence-corrected chi connectivity index (χ1v) is 10.1. The molecule has 0 radical (unpaired) electrons. The monoisotopic (exact) mass is 382 g/mol. The van der Waals surface area contributed by atoms with Gasteiger partial charge in [-0.1, -0.05) is 26.8 Å². The number of carbonyl (C=O) groups excluding carboxylic acids is 1. The molecule has 5 atom stereocenters. The highest BCUT2D eigenvalue weighted by Crippen LogP contribution is 2.41. The van der Waals surface area contributed by atoms with E-state index in [-0.39, 0.29) is 23.8 Å². The lowest BCUT2D eigenvalue weighted by Crippen LogP contribution is -2.54. The molecule has 1 heterocycles. The molecule has 3 N–H and O–H groups in total. The number of rotatable bonds is 4. The van der Waals surface area contributed by atoms with Crippen LogP contribution in [0.4, 0.5) is 0 Å². The summed E-state index contributed by atoms with van der Waals surface area (Å²) < 4.78 is 0. The van der Waals surface area contributed by atoms with Gasteiger partial charge in [-0.05, 0) is 55.6 Å². The Hall–Kier alpha value is -2.39. The van der Waals surface area contributed by atoms with Crippen molar-refractivity contribution in [3.05, 3.63) is 35.7 Å². The Morgan fingerprint density at radius 3 is 2.82 bits per heavy atom. The lowest BCUT2D eigenvalue weighted by atomic mass is 9.67. The number of fused-ring (bicyclic) bond motifs is 1. The summed E-state index contributed by atoms with van der Waals surface area (Å²) in [6.07, 6.45) is 9.18. The third kappa shape index (κ3) is 3.77. The van der Waals surface area contributed by atoms with Crippen LogP contribution >= 0.6 is 0 Å². The first kappa shape index (κ1) is 20.3. The van der Waals surface area contributed by atoms with Crippen molar-refractivity contribution in [2.45, 2.75) is 64.6 Å². The number of hydrogen-bond donors (Lipinski definition) is 3. The van der Waals surface area contributed by atoms with E-state index in [1.165, 1.54) is 5.57 Å². The van der Waals surface area contributed by atoms with Gasteiger partial charge in [0.1, 0.15) is 12.2 Å². The second-order valence-corrected chi connectivity index (χ2v) is 8.78. The molecule has 1 fully saturated rings. The summed E-state index contributed by atoms with van der Waals surface area (Å²) in [7, 11) is 0. The standard InChI is InChI=1S/C22H30N4O2/c1-13(2)19(27)21(28)26-17-10-14(3)9-16(11-17)18-6-5-15(12-23)20-22(18,4)25-8-7-24-20/h5-8,13-14,16-17,19,25,27H,9-11H2,1-4H3,(H,26,28)/t14-,16-,17-,19+,22?/m1/s1. The van der Waals surface area contributed by atoms with Crippen LogP contribution < -0.4 is 10.6 Å². The zero-order chi connectivity index (χ0) is 20.5. The van der Waals surface area contributed by atoms with Crippen LogP contribution in [0.3, 0.4) is 0 Å².